The quantitative estimate of drug-likeness (QED) is 0.0645. The lowest BCUT2D eigenvalue weighted by atomic mass is 9.76. The van der Waals surface area contributed by atoms with Crippen LogP contribution in [0.15, 0.2) is 144 Å². The molecule has 90 heavy (non-hydrogen) atoms. The van der Waals surface area contributed by atoms with E-state index in [-0.39, 0.29) is 40.6 Å². The maximum absolute atomic E-state index is 15.9. The molecule has 0 aliphatic heterocycles. The lowest BCUT2D eigenvalue weighted by molar-refractivity contribution is 0.309. The zero-order chi connectivity index (χ0) is 65.6. The van der Waals surface area contributed by atoms with Crippen molar-refractivity contribution in [3.63, 3.8) is 0 Å². The summed E-state index contributed by atoms with van der Waals surface area (Å²) in [4.78, 5) is 4.10. The number of ether oxygens (including phenoxy) is 2. The molecule has 0 amide bonds. The third-order valence-electron chi connectivity index (χ3n) is 17.4. The van der Waals surface area contributed by atoms with Crippen molar-refractivity contribution in [3.8, 4) is 23.0 Å². The first-order valence-corrected chi connectivity index (χ1v) is 34.8. The van der Waals surface area contributed by atoms with E-state index in [0.717, 1.165) is 66.7 Å². The zero-order valence-electron chi connectivity index (χ0n) is 56.7. The van der Waals surface area contributed by atoms with Crippen LogP contribution in [-0.2, 0) is 61.2 Å². The van der Waals surface area contributed by atoms with Crippen molar-refractivity contribution >= 4 is 53.2 Å². The minimum Gasteiger partial charge on any atom is -0.493 e. The molecule has 0 fully saturated rings. The Labute approximate surface area is 538 Å². The minimum absolute atomic E-state index is 0.0628. The molecule has 1 atom stereocenters. The number of allylic oxidation sites excluding steroid dienone is 1. The molecular weight excluding hydrogens is 1160 g/mol. The Morgan fingerprint density at radius 3 is 1.14 bits per heavy atom. The standard InChI is InChI=1S/C78H96N2O8S2/c1-20-23-28-60-65-48-58(77(10,11)12)46-54(73(65)86-38-22-3)41-53-45-57(76(7,8)9)44-52(72(53)87-89(81,82)69-35-26-29-61-63(69)31-24-33-67(61)79(16)17)39-50-42-56(75(4,5)6)43-51(71(50)85-37-21-2)40-55-47-59(78(13,14)15)49-66(60)74(55)88-90(83,84)70-36-27-30-62-64(70)32-25-34-68(62)80(18)19/h20,24-27,29-36,42-49,60H,1,21-23,28,37-41H2,2-19H3. The van der Waals surface area contributed by atoms with E-state index < -0.39 is 47.8 Å². The fourth-order valence-electron chi connectivity index (χ4n) is 12.4. The number of benzene rings is 8. The van der Waals surface area contributed by atoms with Crippen LogP contribution in [0.3, 0.4) is 0 Å². The van der Waals surface area contributed by atoms with Crippen LogP contribution < -0.4 is 27.6 Å². The van der Waals surface area contributed by atoms with Gasteiger partial charge < -0.3 is 27.6 Å². The van der Waals surface area contributed by atoms with Crippen LogP contribution >= 0.6 is 0 Å². The highest BCUT2D eigenvalue weighted by Crippen LogP contribution is 2.50. The van der Waals surface area contributed by atoms with E-state index in [0.29, 0.717) is 83.4 Å². The monoisotopic (exact) mass is 1250 g/mol. The number of rotatable bonds is 17. The van der Waals surface area contributed by atoms with Crippen molar-refractivity contribution in [1.82, 2.24) is 0 Å². The highest BCUT2D eigenvalue weighted by molar-refractivity contribution is 7.87. The van der Waals surface area contributed by atoms with Gasteiger partial charge in [-0.3, -0.25) is 0 Å². The molecule has 1 unspecified atom stereocenters. The van der Waals surface area contributed by atoms with Crippen LogP contribution in [0.4, 0.5) is 11.4 Å². The lowest BCUT2D eigenvalue weighted by Crippen LogP contribution is -2.20. The van der Waals surface area contributed by atoms with Gasteiger partial charge in [0.05, 0.1) is 13.2 Å². The Morgan fingerprint density at radius 1 is 0.444 bits per heavy atom. The average molecular weight is 1250 g/mol. The molecule has 0 saturated heterocycles. The lowest BCUT2D eigenvalue weighted by Gasteiger charge is -2.32. The van der Waals surface area contributed by atoms with E-state index in [9.17, 15) is 0 Å². The smallest absolute Gasteiger partial charge is 0.339 e. The van der Waals surface area contributed by atoms with Gasteiger partial charge in [-0.25, -0.2) is 0 Å². The van der Waals surface area contributed by atoms with Crippen LogP contribution in [0.2, 0.25) is 0 Å². The topological polar surface area (TPSA) is 112 Å². The summed E-state index contributed by atoms with van der Waals surface area (Å²) >= 11 is 0. The van der Waals surface area contributed by atoms with Crippen LogP contribution in [-0.4, -0.2) is 58.2 Å². The van der Waals surface area contributed by atoms with Crippen molar-refractivity contribution in [2.75, 3.05) is 51.2 Å². The van der Waals surface area contributed by atoms with Gasteiger partial charge in [-0.15, -0.1) is 6.58 Å². The third kappa shape index (κ3) is 14.1. The Morgan fingerprint density at radius 2 is 0.767 bits per heavy atom. The van der Waals surface area contributed by atoms with Gasteiger partial charge in [0.1, 0.15) is 32.8 Å². The van der Waals surface area contributed by atoms with Gasteiger partial charge in [0, 0.05) is 114 Å². The summed E-state index contributed by atoms with van der Waals surface area (Å²) in [6.07, 6.45) is 5.02. The predicted molar refractivity (Wildman–Crippen MR) is 374 cm³/mol. The van der Waals surface area contributed by atoms with E-state index in [1.807, 2.05) is 92.6 Å². The van der Waals surface area contributed by atoms with Gasteiger partial charge in [-0.05, 0) is 111 Å². The molecular formula is C78H96N2O8S2. The summed E-state index contributed by atoms with van der Waals surface area (Å²) in [6.45, 7) is 35.5. The van der Waals surface area contributed by atoms with Crippen LogP contribution in [0.25, 0.3) is 21.5 Å². The molecule has 8 aromatic carbocycles. The molecule has 8 aromatic rings. The molecule has 12 heteroatoms. The zero-order valence-corrected chi connectivity index (χ0v) is 58.4. The molecule has 10 nitrogen and oxygen atoms in total. The third-order valence-corrected chi connectivity index (χ3v) is 20.0. The van der Waals surface area contributed by atoms with Gasteiger partial charge in [0.15, 0.2) is 0 Å². The Bertz CT molecular complexity index is 4250. The van der Waals surface area contributed by atoms with Gasteiger partial charge in [-0.1, -0.05) is 200 Å². The van der Waals surface area contributed by atoms with E-state index >= 15 is 16.8 Å². The maximum atomic E-state index is 15.9. The number of fused-ring (bicyclic) bond motifs is 10. The molecule has 0 spiro atoms. The van der Waals surface area contributed by atoms with E-state index in [1.54, 1.807) is 24.3 Å². The number of nitrogens with zero attached hydrogens (tertiary/aromatic N) is 2. The fourth-order valence-corrected chi connectivity index (χ4v) is 14.8. The Kier molecular flexibility index (Phi) is 19.2. The van der Waals surface area contributed by atoms with E-state index in [4.69, 9.17) is 17.8 Å². The van der Waals surface area contributed by atoms with Crippen LogP contribution in [0.1, 0.15) is 195 Å². The molecule has 478 valence electrons. The minimum atomic E-state index is -4.61. The average Bonchev–Trinajstić information content (AvgIpc) is 0.782. The van der Waals surface area contributed by atoms with E-state index in [2.05, 4.69) is 152 Å². The van der Waals surface area contributed by atoms with Crippen molar-refractivity contribution in [2.45, 2.75) is 179 Å². The Hall–Kier alpha value is -7.28. The molecule has 1 aliphatic rings. The first kappa shape index (κ1) is 67.1. The predicted octanol–water partition coefficient (Wildman–Crippen LogP) is 18.6. The summed E-state index contributed by atoms with van der Waals surface area (Å²) in [5.74, 6) is 1.25. The second-order valence-corrected chi connectivity index (χ2v) is 32.2. The number of hydrogen-bond donors (Lipinski definition) is 0. The van der Waals surface area contributed by atoms with Crippen molar-refractivity contribution in [3.05, 3.63) is 201 Å². The highest BCUT2D eigenvalue weighted by Gasteiger charge is 2.36. The molecule has 9 rings (SSSR count). The summed E-state index contributed by atoms with van der Waals surface area (Å²) in [5.41, 5.74) is 10.3. The summed E-state index contributed by atoms with van der Waals surface area (Å²) in [5, 5.41) is 2.68. The van der Waals surface area contributed by atoms with Crippen LogP contribution in [0.5, 0.6) is 23.0 Å². The first-order chi connectivity index (χ1) is 42.2. The van der Waals surface area contributed by atoms with Gasteiger partial charge in [-0.2, -0.15) is 16.8 Å². The molecule has 8 bridgehead atoms. The highest BCUT2D eigenvalue weighted by atomic mass is 32.2. The molecule has 0 aromatic heterocycles. The second kappa shape index (κ2) is 25.8. The SMILES string of the molecule is C=CCCC1c2cc(C(C)(C)C)cc(c2OCCC)Cc2cc(C(C)(C)C)cc(c2OS(=O)(=O)c2cccc3c(N(C)C)cccc23)Cc2cc(C(C)(C)C)cc(c2OCCC)Cc2cc(C(C)(C)C)cc1c2OS(=O)(=O)c1cccc2c(N(C)C)cccc12. The largest absolute Gasteiger partial charge is 0.493 e. The number of anilines is 2. The van der Waals surface area contributed by atoms with Gasteiger partial charge in [0.25, 0.3) is 0 Å². The Balaban J connectivity index is 1.47. The normalized spacial score (nSPS) is 14.1. The summed E-state index contributed by atoms with van der Waals surface area (Å²) < 4.78 is 91.6. The van der Waals surface area contributed by atoms with Crippen molar-refractivity contribution in [2.24, 2.45) is 0 Å². The van der Waals surface area contributed by atoms with Gasteiger partial charge in [0.2, 0.25) is 0 Å². The van der Waals surface area contributed by atoms with Crippen molar-refractivity contribution < 1.29 is 34.7 Å². The maximum Gasteiger partial charge on any atom is 0.339 e. The molecule has 0 saturated carbocycles. The summed E-state index contributed by atoms with van der Waals surface area (Å²) in [6, 6.07) is 39.6. The molecule has 0 radical (unpaired) electrons. The van der Waals surface area contributed by atoms with Gasteiger partial charge >= 0.3 is 20.2 Å². The number of hydrogen-bond acceptors (Lipinski definition) is 10. The van der Waals surface area contributed by atoms with E-state index in [1.165, 1.54) is 0 Å². The van der Waals surface area contributed by atoms with Crippen LogP contribution in [0, 0.1) is 0 Å². The molecule has 0 N–H and O–H groups in total. The second-order valence-electron chi connectivity index (χ2n) is 29.1. The first-order valence-electron chi connectivity index (χ1n) is 32.0. The summed E-state index contributed by atoms with van der Waals surface area (Å²) in [7, 11) is -1.37. The molecule has 0 heterocycles. The fraction of sp³-hybridized carbons (Fsp3) is 0.410. The van der Waals surface area contributed by atoms with Crippen molar-refractivity contribution in [1.29, 1.82) is 0 Å². The molecule has 1 aliphatic carbocycles.